The Hall–Kier alpha value is -1.23. The molecule has 110 valence electrons. The van der Waals surface area contributed by atoms with E-state index in [2.05, 4.69) is 4.98 Å². The highest BCUT2D eigenvalue weighted by Gasteiger charge is 2.26. The minimum Gasteiger partial charge on any atom is -0.327 e. The number of nitrogens with zero attached hydrogens (tertiary/aromatic N) is 2. The second-order valence-corrected chi connectivity index (χ2v) is 5.45. The largest absolute Gasteiger partial charge is 0.389 e. The normalized spacial score (nSPS) is 13.8. The summed E-state index contributed by atoms with van der Waals surface area (Å²) in [7, 11) is 0. The summed E-state index contributed by atoms with van der Waals surface area (Å²) < 4.78 is 38.3. The van der Waals surface area contributed by atoms with Crippen LogP contribution in [0.4, 0.5) is 13.2 Å². The molecule has 0 radical (unpaired) electrons. The molecule has 0 N–H and O–H groups in total. The molecule has 2 rings (SSSR count). The second kappa shape index (κ2) is 6.04. The quantitative estimate of drug-likeness (QED) is 0.557. The van der Waals surface area contributed by atoms with E-state index < -0.39 is 12.6 Å². The highest BCUT2D eigenvalue weighted by atomic mass is 35.5. The first kappa shape index (κ1) is 15.2. The van der Waals surface area contributed by atoms with Crippen LogP contribution in [-0.4, -0.2) is 15.7 Å². The number of imidazole rings is 1. The van der Waals surface area contributed by atoms with Gasteiger partial charge in [0.15, 0.2) is 0 Å². The van der Waals surface area contributed by atoms with Crippen molar-refractivity contribution in [3.8, 4) is 0 Å². The van der Waals surface area contributed by atoms with Gasteiger partial charge in [-0.25, -0.2) is 4.98 Å². The van der Waals surface area contributed by atoms with Gasteiger partial charge in [0.1, 0.15) is 5.82 Å². The molecule has 0 spiro atoms. The lowest BCUT2D eigenvalue weighted by atomic mass is 10.2. The number of rotatable bonds is 5. The van der Waals surface area contributed by atoms with Gasteiger partial charge in [-0.1, -0.05) is 12.1 Å². The van der Waals surface area contributed by atoms with Gasteiger partial charge < -0.3 is 4.57 Å². The average molecular weight is 305 g/mol. The van der Waals surface area contributed by atoms with Crippen LogP contribution >= 0.6 is 11.6 Å². The maximum absolute atomic E-state index is 12.1. The summed E-state index contributed by atoms with van der Waals surface area (Å²) >= 11 is 6.10. The van der Waals surface area contributed by atoms with Crippen molar-refractivity contribution in [2.75, 3.05) is 0 Å². The standard InChI is InChI=1S/C14H16ClF3N2/c1-10(15)13-19-11-6-2-3-7-12(11)20(13)9-5-4-8-14(16,17)18/h2-3,6-7,10H,4-5,8-9H2,1H3. The van der Waals surface area contributed by atoms with Gasteiger partial charge in [-0.3, -0.25) is 0 Å². The van der Waals surface area contributed by atoms with E-state index in [1.165, 1.54) is 0 Å². The van der Waals surface area contributed by atoms with Gasteiger partial charge in [-0.05, 0) is 31.9 Å². The Morgan fingerprint density at radius 2 is 1.95 bits per heavy atom. The third-order valence-electron chi connectivity index (χ3n) is 3.13. The third kappa shape index (κ3) is 3.66. The van der Waals surface area contributed by atoms with Crippen LogP contribution in [-0.2, 0) is 6.54 Å². The Morgan fingerprint density at radius 1 is 1.25 bits per heavy atom. The fourth-order valence-electron chi connectivity index (χ4n) is 2.23. The number of hydrogen-bond donors (Lipinski definition) is 0. The minimum absolute atomic E-state index is 0.117. The molecule has 20 heavy (non-hydrogen) atoms. The summed E-state index contributed by atoms with van der Waals surface area (Å²) in [6.45, 7) is 2.32. The summed E-state index contributed by atoms with van der Waals surface area (Å²) in [5.74, 6) is 0.708. The van der Waals surface area contributed by atoms with Crippen LogP contribution in [0.3, 0.4) is 0 Å². The van der Waals surface area contributed by atoms with E-state index >= 15 is 0 Å². The zero-order chi connectivity index (χ0) is 14.8. The Kier molecular flexibility index (Phi) is 4.58. The van der Waals surface area contributed by atoms with Crippen molar-refractivity contribution in [1.29, 1.82) is 0 Å². The zero-order valence-electron chi connectivity index (χ0n) is 11.1. The number of unbranched alkanes of at least 4 members (excludes halogenated alkanes) is 1. The third-order valence-corrected chi connectivity index (χ3v) is 3.33. The van der Waals surface area contributed by atoms with Crippen molar-refractivity contribution >= 4 is 22.6 Å². The molecular weight excluding hydrogens is 289 g/mol. The molecule has 0 bridgehead atoms. The van der Waals surface area contributed by atoms with Gasteiger partial charge in [-0.15, -0.1) is 11.6 Å². The van der Waals surface area contributed by atoms with Crippen molar-refractivity contribution in [2.45, 2.75) is 44.3 Å². The number of hydrogen-bond acceptors (Lipinski definition) is 1. The first-order valence-electron chi connectivity index (χ1n) is 6.54. The van der Waals surface area contributed by atoms with Crippen LogP contribution in [0.25, 0.3) is 11.0 Å². The van der Waals surface area contributed by atoms with Crippen LogP contribution in [0.2, 0.25) is 0 Å². The molecule has 1 aromatic carbocycles. The second-order valence-electron chi connectivity index (χ2n) is 4.80. The fourth-order valence-corrected chi connectivity index (χ4v) is 2.39. The summed E-state index contributed by atoms with van der Waals surface area (Å²) in [5, 5.41) is -0.273. The topological polar surface area (TPSA) is 17.8 Å². The van der Waals surface area contributed by atoms with E-state index in [1.807, 2.05) is 35.8 Å². The van der Waals surface area contributed by atoms with Gasteiger partial charge in [0, 0.05) is 13.0 Å². The monoisotopic (exact) mass is 304 g/mol. The maximum Gasteiger partial charge on any atom is 0.389 e. The number of fused-ring (bicyclic) bond motifs is 1. The van der Waals surface area contributed by atoms with Crippen molar-refractivity contribution in [1.82, 2.24) is 9.55 Å². The zero-order valence-corrected chi connectivity index (χ0v) is 11.9. The molecule has 1 heterocycles. The van der Waals surface area contributed by atoms with E-state index in [9.17, 15) is 13.2 Å². The number of aryl methyl sites for hydroxylation is 1. The maximum atomic E-state index is 12.1. The van der Waals surface area contributed by atoms with Crippen LogP contribution in [0.1, 0.15) is 37.4 Å². The van der Waals surface area contributed by atoms with Crippen LogP contribution < -0.4 is 0 Å². The van der Waals surface area contributed by atoms with Crippen molar-refractivity contribution in [2.24, 2.45) is 0 Å². The lowest BCUT2D eigenvalue weighted by Crippen LogP contribution is -2.09. The molecule has 2 aromatic rings. The van der Waals surface area contributed by atoms with Crippen molar-refractivity contribution in [3.63, 3.8) is 0 Å². The van der Waals surface area contributed by atoms with Crippen LogP contribution in [0, 0.1) is 0 Å². The molecule has 0 saturated carbocycles. The molecule has 1 atom stereocenters. The van der Waals surface area contributed by atoms with Gasteiger partial charge >= 0.3 is 6.18 Å². The molecule has 0 aliphatic rings. The highest BCUT2D eigenvalue weighted by Crippen LogP contribution is 2.26. The first-order chi connectivity index (χ1) is 9.38. The SMILES string of the molecule is CC(Cl)c1nc2ccccc2n1CCCCC(F)(F)F. The Bertz CT molecular complexity index is 575. The Morgan fingerprint density at radius 3 is 2.60 bits per heavy atom. The summed E-state index contributed by atoms with van der Waals surface area (Å²) in [4.78, 5) is 4.45. The number of benzene rings is 1. The fraction of sp³-hybridized carbons (Fsp3) is 0.500. The number of alkyl halides is 4. The molecular formula is C14H16ClF3N2. The molecule has 0 amide bonds. The smallest absolute Gasteiger partial charge is 0.327 e. The van der Waals surface area contributed by atoms with E-state index in [-0.39, 0.29) is 11.8 Å². The van der Waals surface area contributed by atoms with E-state index in [4.69, 9.17) is 11.6 Å². The summed E-state index contributed by atoms with van der Waals surface area (Å²) in [6, 6.07) is 7.56. The first-order valence-corrected chi connectivity index (χ1v) is 6.98. The minimum atomic E-state index is -4.08. The molecule has 0 fully saturated rings. The Balaban J connectivity index is 2.13. The van der Waals surface area contributed by atoms with Crippen LogP contribution in [0.5, 0.6) is 0 Å². The Labute approximate surface area is 120 Å². The highest BCUT2D eigenvalue weighted by molar-refractivity contribution is 6.20. The number of halogens is 4. The van der Waals surface area contributed by atoms with Crippen molar-refractivity contribution in [3.05, 3.63) is 30.1 Å². The van der Waals surface area contributed by atoms with E-state index in [0.717, 1.165) is 11.0 Å². The molecule has 1 unspecified atom stereocenters. The van der Waals surface area contributed by atoms with Gasteiger partial charge in [0.05, 0.1) is 16.4 Å². The molecule has 0 saturated heterocycles. The molecule has 2 nitrogen and oxygen atoms in total. The number of para-hydroxylation sites is 2. The van der Waals surface area contributed by atoms with Gasteiger partial charge in [-0.2, -0.15) is 13.2 Å². The summed E-state index contributed by atoms with van der Waals surface area (Å²) in [6.07, 6.45) is -4.26. The van der Waals surface area contributed by atoms with E-state index in [0.29, 0.717) is 18.8 Å². The lowest BCUT2D eigenvalue weighted by Gasteiger charge is -2.11. The summed E-state index contributed by atoms with van der Waals surface area (Å²) in [5.41, 5.74) is 1.74. The van der Waals surface area contributed by atoms with E-state index in [1.54, 1.807) is 0 Å². The van der Waals surface area contributed by atoms with Gasteiger partial charge in [0.2, 0.25) is 0 Å². The van der Waals surface area contributed by atoms with Gasteiger partial charge in [0.25, 0.3) is 0 Å². The molecule has 0 aliphatic heterocycles. The predicted octanol–water partition coefficient (Wildman–Crippen LogP) is 5.07. The van der Waals surface area contributed by atoms with Crippen LogP contribution in [0.15, 0.2) is 24.3 Å². The lowest BCUT2D eigenvalue weighted by molar-refractivity contribution is -0.135. The molecule has 0 aliphatic carbocycles. The average Bonchev–Trinajstić information content (AvgIpc) is 2.72. The molecule has 1 aromatic heterocycles. The predicted molar refractivity (Wildman–Crippen MR) is 73.9 cm³/mol. The van der Waals surface area contributed by atoms with Crippen molar-refractivity contribution < 1.29 is 13.2 Å². The number of aromatic nitrogens is 2. The molecule has 6 heteroatoms.